The Morgan fingerprint density at radius 2 is 2.04 bits per heavy atom. The fourth-order valence-electron chi connectivity index (χ4n) is 3.30. The Bertz CT molecular complexity index is 682. The molecule has 2 amide bonds. The zero-order valence-corrected chi connectivity index (χ0v) is 15.1. The average Bonchev–Trinajstić information content (AvgIpc) is 3.35. The van der Waals surface area contributed by atoms with Crippen molar-refractivity contribution in [3.05, 3.63) is 54.4 Å². The van der Waals surface area contributed by atoms with Gasteiger partial charge < -0.3 is 14.8 Å². The number of benzene rings is 1. The van der Waals surface area contributed by atoms with Crippen LogP contribution in [0.3, 0.4) is 0 Å². The van der Waals surface area contributed by atoms with Crippen LogP contribution in [0, 0.1) is 5.82 Å². The summed E-state index contributed by atoms with van der Waals surface area (Å²) in [5, 5.41) is 3.03. The number of nitrogens with one attached hydrogen (secondary N) is 1. The van der Waals surface area contributed by atoms with Crippen LogP contribution in [-0.2, 0) is 6.54 Å². The first-order chi connectivity index (χ1) is 12.6. The van der Waals surface area contributed by atoms with Crippen molar-refractivity contribution in [1.29, 1.82) is 0 Å². The highest BCUT2D eigenvalue weighted by atomic mass is 19.1. The van der Waals surface area contributed by atoms with Crippen molar-refractivity contribution >= 4 is 6.03 Å². The molecular weight excluding hydrogens is 333 g/mol. The van der Waals surface area contributed by atoms with Crippen LogP contribution in [0.15, 0.2) is 43.0 Å². The first-order valence-corrected chi connectivity index (χ1v) is 9.08. The largest absolute Gasteiger partial charge is 0.336 e. The van der Waals surface area contributed by atoms with Gasteiger partial charge in [-0.3, -0.25) is 4.90 Å². The molecule has 7 heteroatoms. The molecule has 2 aromatic rings. The highest BCUT2D eigenvalue weighted by molar-refractivity contribution is 5.73. The van der Waals surface area contributed by atoms with Crippen LogP contribution in [-0.4, -0.2) is 58.6 Å². The summed E-state index contributed by atoms with van der Waals surface area (Å²) in [4.78, 5) is 20.5. The van der Waals surface area contributed by atoms with Crippen LogP contribution in [0.1, 0.15) is 24.4 Å². The zero-order valence-electron chi connectivity index (χ0n) is 15.1. The van der Waals surface area contributed by atoms with Gasteiger partial charge in [-0.25, -0.2) is 14.2 Å². The number of carbonyl (C=O) groups is 1. The van der Waals surface area contributed by atoms with Gasteiger partial charge in [0.05, 0.1) is 12.4 Å². The Morgan fingerprint density at radius 3 is 2.69 bits per heavy atom. The van der Waals surface area contributed by atoms with E-state index < -0.39 is 0 Å². The van der Waals surface area contributed by atoms with E-state index in [1.807, 2.05) is 22.9 Å². The fourth-order valence-corrected chi connectivity index (χ4v) is 3.30. The number of aromatic nitrogens is 2. The SMILES string of the molecule is CN(CCn1ccnc1)C(=O)NC[C@H](c1ccc(F)cc1)N1CCCC1. The Hall–Kier alpha value is -2.41. The van der Waals surface area contributed by atoms with Gasteiger partial charge >= 0.3 is 6.03 Å². The molecule has 1 aliphatic rings. The maximum Gasteiger partial charge on any atom is 0.317 e. The smallest absolute Gasteiger partial charge is 0.317 e. The van der Waals surface area contributed by atoms with E-state index in [0.29, 0.717) is 19.6 Å². The standard InChI is InChI=1S/C19H26FN5O/c1-23(12-13-24-11-8-21-15-24)19(26)22-14-18(25-9-2-3-10-25)16-4-6-17(20)7-5-16/h4-8,11,15,18H,2-3,9-10,12-14H2,1H3,(H,22,26)/t18-/m1/s1. The molecule has 0 aliphatic carbocycles. The molecule has 1 aromatic carbocycles. The van der Waals surface area contributed by atoms with Crippen molar-refractivity contribution in [3.8, 4) is 0 Å². The summed E-state index contributed by atoms with van der Waals surface area (Å²) in [5.41, 5.74) is 1.04. The minimum absolute atomic E-state index is 0.0732. The third-order valence-corrected chi connectivity index (χ3v) is 4.88. The first kappa shape index (κ1) is 18.4. The average molecular weight is 359 g/mol. The summed E-state index contributed by atoms with van der Waals surface area (Å²) in [6, 6.07) is 6.57. The van der Waals surface area contributed by atoms with E-state index in [1.54, 1.807) is 24.5 Å². The quantitative estimate of drug-likeness (QED) is 0.826. The summed E-state index contributed by atoms with van der Waals surface area (Å²) < 4.78 is 15.2. The predicted molar refractivity (Wildman–Crippen MR) is 98.2 cm³/mol. The van der Waals surface area contributed by atoms with Crippen molar-refractivity contribution in [3.63, 3.8) is 0 Å². The van der Waals surface area contributed by atoms with Crippen molar-refractivity contribution < 1.29 is 9.18 Å². The van der Waals surface area contributed by atoms with Gasteiger partial charge in [0.15, 0.2) is 0 Å². The van der Waals surface area contributed by atoms with Gasteiger partial charge in [-0.1, -0.05) is 12.1 Å². The van der Waals surface area contributed by atoms with E-state index in [0.717, 1.165) is 31.5 Å². The lowest BCUT2D eigenvalue weighted by molar-refractivity contribution is 0.195. The molecule has 1 aliphatic heterocycles. The summed E-state index contributed by atoms with van der Waals surface area (Å²) in [6.07, 6.45) is 7.67. The molecule has 6 nitrogen and oxygen atoms in total. The predicted octanol–water partition coefficient (Wildman–Crippen LogP) is 2.50. The van der Waals surface area contributed by atoms with Gasteiger partial charge in [0.2, 0.25) is 0 Å². The third kappa shape index (κ3) is 4.82. The molecule has 140 valence electrons. The number of carbonyl (C=O) groups excluding carboxylic acids is 1. The normalized spacial score (nSPS) is 15.8. The van der Waals surface area contributed by atoms with Crippen molar-refractivity contribution in [2.45, 2.75) is 25.4 Å². The summed E-state index contributed by atoms with van der Waals surface area (Å²) in [5.74, 6) is -0.239. The number of imidazole rings is 1. The monoisotopic (exact) mass is 359 g/mol. The second kappa shape index (κ2) is 8.80. The van der Waals surface area contributed by atoms with Gasteiger partial charge in [0.25, 0.3) is 0 Å². The highest BCUT2D eigenvalue weighted by Gasteiger charge is 2.24. The highest BCUT2D eigenvalue weighted by Crippen LogP contribution is 2.24. The van der Waals surface area contributed by atoms with Gasteiger partial charge in [-0.15, -0.1) is 0 Å². The van der Waals surface area contributed by atoms with Crippen LogP contribution < -0.4 is 5.32 Å². The maximum atomic E-state index is 13.3. The second-order valence-corrected chi connectivity index (χ2v) is 6.72. The number of rotatable bonds is 7. The summed E-state index contributed by atoms with van der Waals surface area (Å²) in [7, 11) is 1.79. The van der Waals surface area contributed by atoms with Crippen LogP contribution >= 0.6 is 0 Å². The number of likely N-dealkylation sites (N-methyl/N-ethyl adjacent to an activating group) is 1. The summed E-state index contributed by atoms with van der Waals surface area (Å²) in [6.45, 7) is 3.84. The van der Waals surface area contributed by atoms with E-state index in [9.17, 15) is 9.18 Å². The second-order valence-electron chi connectivity index (χ2n) is 6.72. The van der Waals surface area contributed by atoms with Crippen molar-refractivity contribution in [2.24, 2.45) is 0 Å². The molecule has 0 spiro atoms. The Kier molecular flexibility index (Phi) is 6.22. The number of nitrogens with zero attached hydrogens (tertiary/aromatic N) is 4. The van der Waals surface area contributed by atoms with Gasteiger partial charge in [-0.2, -0.15) is 0 Å². The molecule has 0 saturated carbocycles. The maximum absolute atomic E-state index is 13.3. The van der Waals surface area contributed by atoms with Crippen LogP contribution in [0.25, 0.3) is 0 Å². The molecule has 1 aromatic heterocycles. The molecule has 1 fully saturated rings. The van der Waals surface area contributed by atoms with E-state index >= 15 is 0 Å². The molecule has 1 atom stereocenters. The molecule has 1 saturated heterocycles. The number of amides is 2. The topological polar surface area (TPSA) is 53.4 Å². The molecular formula is C19H26FN5O. The minimum atomic E-state index is -0.239. The Morgan fingerprint density at radius 1 is 1.31 bits per heavy atom. The van der Waals surface area contributed by atoms with Crippen LogP contribution in [0.5, 0.6) is 0 Å². The zero-order chi connectivity index (χ0) is 18.4. The van der Waals surface area contributed by atoms with E-state index in [4.69, 9.17) is 0 Å². The Balaban J connectivity index is 1.56. The minimum Gasteiger partial charge on any atom is -0.336 e. The van der Waals surface area contributed by atoms with E-state index in [1.165, 1.54) is 12.1 Å². The summed E-state index contributed by atoms with van der Waals surface area (Å²) >= 11 is 0. The van der Waals surface area contributed by atoms with E-state index in [-0.39, 0.29) is 17.9 Å². The Labute approximate surface area is 153 Å². The number of urea groups is 1. The van der Waals surface area contributed by atoms with Crippen LogP contribution in [0.4, 0.5) is 9.18 Å². The first-order valence-electron chi connectivity index (χ1n) is 9.08. The molecule has 0 bridgehead atoms. The van der Waals surface area contributed by atoms with Crippen LogP contribution in [0.2, 0.25) is 0 Å². The lowest BCUT2D eigenvalue weighted by Gasteiger charge is -2.29. The van der Waals surface area contributed by atoms with Gasteiger partial charge in [-0.05, 0) is 43.6 Å². The van der Waals surface area contributed by atoms with Gasteiger partial charge in [0.1, 0.15) is 5.82 Å². The molecule has 0 radical (unpaired) electrons. The van der Waals surface area contributed by atoms with Gasteiger partial charge in [0, 0.05) is 39.1 Å². The number of likely N-dealkylation sites (tertiary alicyclic amines) is 1. The van der Waals surface area contributed by atoms with E-state index in [2.05, 4.69) is 15.2 Å². The molecule has 2 heterocycles. The molecule has 3 rings (SSSR count). The van der Waals surface area contributed by atoms with Crippen molar-refractivity contribution in [1.82, 2.24) is 24.7 Å². The lowest BCUT2D eigenvalue weighted by atomic mass is 10.1. The number of hydrogen-bond donors (Lipinski definition) is 1. The molecule has 1 N–H and O–H groups in total. The number of hydrogen-bond acceptors (Lipinski definition) is 3. The third-order valence-electron chi connectivity index (χ3n) is 4.88. The lowest BCUT2D eigenvalue weighted by Crippen LogP contribution is -2.43. The van der Waals surface area contributed by atoms with Crippen molar-refractivity contribution in [2.75, 3.05) is 33.2 Å². The number of halogens is 1. The molecule has 0 unspecified atom stereocenters. The fraction of sp³-hybridized carbons (Fsp3) is 0.474. The molecule has 26 heavy (non-hydrogen) atoms.